The number of piperazine rings is 1. The number of carboxylic acid groups (broad SMARTS) is 1. The van der Waals surface area contributed by atoms with Crippen LogP contribution in [-0.2, 0) is 4.79 Å². The van der Waals surface area contributed by atoms with E-state index in [2.05, 4.69) is 0 Å². The molecule has 0 bridgehead atoms. The molecular formula is C12H16N2O3. The van der Waals surface area contributed by atoms with Gasteiger partial charge in [-0.2, -0.15) is 5.06 Å². The molecule has 1 aliphatic rings. The molecule has 1 fully saturated rings. The lowest BCUT2D eigenvalue weighted by Crippen LogP contribution is -2.48. The van der Waals surface area contributed by atoms with Crippen LogP contribution in [0.25, 0.3) is 0 Å². The maximum Gasteiger partial charge on any atom is 0.325 e. The standard InChI is InChI=1S/C12H16N2O3/c15-12(16)11(10-4-2-1-3-5-10)13-6-8-14(17)9-7-13/h1-5,11,17H,6-9H2,(H,15,16). The molecule has 92 valence electrons. The van der Waals surface area contributed by atoms with E-state index in [0.29, 0.717) is 26.2 Å². The van der Waals surface area contributed by atoms with Gasteiger partial charge in [0.1, 0.15) is 6.04 Å². The molecule has 1 aromatic carbocycles. The van der Waals surface area contributed by atoms with Crippen molar-refractivity contribution in [1.82, 2.24) is 9.96 Å². The summed E-state index contributed by atoms with van der Waals surface area (Å²) >= 11 is 0. The van der Waals surface area contributed by atoms with Gasteiger partial charge in [0.2, 0.25) is 0 Å². The summed E-state index contributed by atoms with van der Waals surface area (Å²) in [5.74, 6) is -0.845. The topological polar surface area (TPSA) is 64.0 Å². The minimum atomic E-state index is -0.845. The van der Waals surface area contributed by atoms with Gasteiger partial charge in [-0.05, 0) is 5.56 Å². The van der Waals surface area contributed by atoms with E-state index in [1.165, 1.54) is 5.06 Å². The van der Waals surface area contributed by atoms with Crippen LogP contribution >= 0.6 is 0 Å². The molecule has 5 nitrogen and oxygen atoms in total. The third-order valence-corrected chi connectivity index (χ3v) is 3.01. The Balaban J connectivity index is 2.16. The molecular weight excluding hydrogens is 220 g/mol. The Kier molecular flexibility index (Phi) is 3.73. The van der Waals surface area contributed by atoms with E-state index < -0.39 is 12.0 Å². The molecule has 1 atom stereocenters. The average Bonchev–Trinajstić information content (AvgIpc) is 2.33. The monoisotopic (exact) mass is 236 g/mol. The number of benzene rings is 1. The average molecular weight is 236 g/mol. The van der Waals surface area contributed by atoms with Gasteiger partial charge in [0.25, 0.3) is 0 Å². The summed E-state index contributed by atoms with van der Waals surface area (Å²) in [7, 11) is 0. The molecule has 1 saturated heterocycles. The molecule has 0 amide bonds. The number of aliphatic carboxylic acids is 1. The zero-order chi connectivity index (χ0) is 12.3. The van der Waals surface area contributed by atoms with Gasteiger partial charge in [0, 0.05) is 26.2 Å². The van der Waals surface area contributed by atoms with Gasteiger partial charge < -0.3 is 10.3 Å². The second kappa shape index (κ2) is 5.27. The summed E-state index contributed by atoms with van der Waals surface area (Å²) in [5, 5.41) is 19.8. The van der Waals surface area contributed by atoms with Crippen LogP contribution in [0.4, 0.5) is 0 Å². The molecule has 0 aromatic heterocycles. The van der Waals surface area contributed by atoms with Gasteiger partial charge in [-0.25, -0.2) is 0 Å². The second-order valence-corrected chi connectivity index (χ2v) is 4.14. The molecule has 1 heterocycles. The second-order valence-electron chi connectivity index (χ2n) is 4.14. The number of carbonyl (C=O) groups is 1. The minimum absolute atomic E-state index is 0.483. The van der Waals surface area contributed by atoms with Gasteiger partial charge >= 0.3 is 5.97 Å². The van der Waals surface area contributed by atoms with Crippen molar-refractivity contribution >= 4 is 5.97 Å². The summed E-state index contributed by atoms with van der Waals surface area (Å²) in [6.07, 6.45) is 0. The highest BCUT2D eigenvalue weighted by Gasteiger charge is 2.29. The predicted octanol–water partition coefficient (Wildman–Crippen LogP) is 0.819. The van der Waals surface area contributed by atoms with Crippen LogP contribution in [0.2, 0.25) is 0 Å². The van der Waals surface area contributed by atoms with Crippen molar-refractivity contribution in [2.75, 3.05) is 26.2 Å². The first-order chi connectivity index (χ1) is 8.18. The van der Waals surface area contributed by atoms with Crippen LogP contribution in [-0.4, -0.2) is 52.4 Å². The number of hydrogen-bond donors (Lipinski definition) is 2. The van der Waals surface area contributed by atoms with Crippen LogP contribution in [0.3, 0.4) is 0 Å². The lowest BCUT2D eigenvalue weighted by molar-refractivity contribution is -0.151. The van der Waals surface area contributed by atoms with Crippen molar-refractivity contribution in [2.45, 2.75) is 6.04 Å². The molecule has 1 aliphatic heterocycles. The predicted molar refractivity (Wildman–Crippen MR) is 61.8 cm³/mol. The Bertz CT molecular complexity index is 375. The number of hydroxylamine groups is 2. The van der Waals surface area contributed by atoms with Gasteiger partial charge in [-0.1, -0.05) is 30.3 Å². The quantitative estimate of drug-likeness (QED) is 0.813. The van der Waals surface area contributed by atoms with Crippen LogP contribution in [0.1, 0.15) is 11.6 Å². The maximum atomic E-state index is 11.4. The molecule has 0 radical (unpaired) electrons. The van der Waals surface area contributed by atoms with E-state index in [9.17, 15) is 15.1 Å². The van der Waals surface area contributed by atoms with Crippen molar-refractivity contribution in [3.8, 4) is 0 Å². The Labute approximate surface area is 99.8 Å². The Hall–Kier alpha value is -1.43. The van der Waals surface area contributed by atoms with E-state index in [4.69, 9.17) is 0 Å². The Morgan fingerprint density at radius 3 is 2.24 bits per heavy atom. The molecule has 0 saturated carbocycles. The van der Waals surface area contributed by atoms with Crippen LogP contribution < -0.4 is 0 Å². The highest BCUT2D eigenvalue weighted by Crippen LogP contribution is 2.21. The normalized spacial score (nSPS) is 20.1. The number of rotatable bonds is 3. The lowest BCUT2D eigenvalue weighted by atomic mass is 10.0. The van der Waals surface area contributed by atoms with Crippen LogP contribution in [0.5, 0.6) is 0 Å². The number of hydrogen-bond acceptors (Lipinski definition) is 4. The third kappa shape index (κ3) is 2.82. The Morgan fingerprint density at radius 1 is 1.12 bits per heavy atom. The van der Waals surface area contributed by atoms with Gasteiger partial charge in [-0.15, -0.1) is 0 Å². The first-order valence-electron chi connectivity index (χ1n) is 5.64. The molecule has 0 aliphatic carbocycles. The lowest BCUT2D eigenvalue weighted by Gasteiger charge is -2.35. The highest BCUT2D eigenvalue weighted by molar-refractivity contribution is 5.75. The third-order valence-electron chi connectivity index (χ3n) is 3.01. The zero-order valence-electron chi connectivity index (χ0n) is 9.49. The summed E-state index contributed by atoms with van der Waals surface area (Å²) in [4.78, 5) is 13.2. The minimum Gasteiger partial charge on any atom is -0.480 e. The van der Waals surface area contributed by atoms with E-state index in [0.717, 1.165) is 5.56 Å². The van der Waals surface area contributed by atoms with Gasteiger partial charge in [-0.3, -0.25) is 9.69 Å². The van der Waals surface area contributed by atoms with E-state index in [-0.39, 0.29) is 0 Å². The summed E-state index contributed by atoms with van der Waals surface area (Å²) < 4.78 is 0. The van der Waals surface area contributed by atoms with Crippen molar-refractivity contribution in [2.24, 2.45) is 0 Å². The molecule has 1 unspecified atom stereocenters. The first kappa shape index (κ1) is 12.0. The van der Waals surface area contributed by atoms with Gasteiger partial charge in [0.15, 0.2) is 0 Å². The van der Waals surface area contributed by atoms with Gasteiger partial charge in [0.05, 0.1) is 0 Å². The molecule has 0 spiro atoms. The molecule has 17 heavy (non-hydrogen) atoms. The fraction of sp³-hybridized carbons (Fsp3) is 0.417. The molecule has 5 heteroatoms. The SMILES string of the molecule is O=C(O)C(c1ccccc1)N1CCN(O)CC1. The van der Waals surface area contributed by atoms with E-state index >= 15 is 0 Å². The number of nitrogens with zero attached hydrogens (tertiary/aromatic N) is 2. The molecule has 1 aromatic rings. The van der Waals surface area contributed by atoms with Crippen LogP contribution in [0.15, 0.2) is 30.3 Å². The van der Waals surface area contributed by atoms with Crippen molar-refractivity contribution in [3.63, 3.8) is 0 Å². The van der Waals surface area contributed by atoms with Crippen molar-refractivity contribution in [3.05, 3.63) is 35.9 Å². The first-order valence-corrected chi connectivity index (χ1v) is 5.64. The van der Waals surface area contributed by atoms with Crippen LogP contribution in [0, 0.1) is 0 Å². The highest BCUT2D eigenvalue weighted by atomic mass is 16.5. The summed E-state index contributed by atoms with van der Waals surface area (Å²) in [6.45, 7) is 2.08. The van der Waals surface area contributed by atoms with Crippen molar-refractivity contribution < 1.29 is 15.1 Å². The maximum absolute atomic E-state index is 11.4. The molecule has 2 rings (SSSR count). The van der Waals surface area contributed by atoms with E-state index in [1.807, 2.05) is 35.2 Å². The van der Waals surface area contributed by atoms with E-state index in [1.54, 1.807) is 0 Å². The summed E-state index contributed by atoms with van der Waals surface area (Å²) in [5.41, 5.74) is 0.784. The van der Waals surface area contributed by atoms with Crippen molar-refractivity contribution in [1.29, 1.82) is 0 Å². The Morgan fingerprint density at radius 2 is 1.71 bits per heavy atom. The zero-order valence-corrected chi connectivity index (χ0v) is 9.49. The molecule has 2 N–H and O–H groups in total. The largest absolute Gasteiger partial charge is 0.480 e. The fourth-order valence-corrected chi connectivity index (χ4v) is 2.11. The summed E-state index contributed by atoms with van der Waals surface area (Å²) in [6, 6.07) is 8.58. The number of carboxylic acids is 1. The fourth-order valence-electron chi connectivity index (χ4n) is 2.11. The smallest absolute Gasteiger partial charge is 0.325 e.